The van der Waals surface area contributed by atoms with E-state index in [4.69, 9.17) is 14.5 Å². The van der Waals surface area contributed by atoms with E-state index in [2.05, 4.69) is 35.5 Å². The Morgan fingerprint density at radius 3 is 2.72 bits per heavy atom. The zero-order valence-electron chi connectivity index (χ0n) is 21.2. The standard InChI is InChI=1S/C27H33N5O4/c1-17(2)14-28-19-13-21-24(31-23(33)10-12-35-3)25(27(34)36-4)32(26(21)30-16-19)11-9-18-15-29-22-8-6-5-7-20(18)22/h5-8,13,15-17,28-29H,9-12,14H2,1-4H3,(H,31,33). The topological polar surface area (TPSA) is 110 Å². The molecule has 0 radical (unpaired) electrons. The van der Waals surface area contributed by atoms with Gasteiger partial charge in [0, 0.05) is 42.7 Å². The van der Waals surface area contributed by atoms with Crippen molar-refractivity contribution in [1.29, 1.82) is 0 Å². The minimum absolute atomic E-state index is 0.165. The van der Waals surface area contributed by atoms with E-state index in [1.807, 2.05) is 35.0 Å². The van der Waals surface area contributed by atoms with Gasteiger partial charge in [-0.25, -0.2) is 9.78 Å². The molecule has 0 aliphatic carbocycles. The third-order valence-corrected chi connectivity index (χ3v) is 6.07. The lowest BCUT2D eigenvalue weighted by atomic mass is 10.1. The van der Waals surface area contributed by atoms with Gasteiger partial charge in [-0.3, -0.25) is 4.79 Å². The number of carbonyl (C=O) groups excluding carboxylic acids is 2. The zero-order valence-corrected chi connectivity index (χ0v) is 21.2. The predicted molar refractivity (Wildman–Crippen MR) is 142 cm³/mol. The second-order valence-electron chi connectivity index (χ2n) is 9.14. The number of aromatic nitrogens is 3. The average molecular weight is 492 g/mol. The highest BCUT2D eigenvalue weighted by Gasteiger charge is 2.26. The Morgan fingerprint density at radius 1 is 1.17 bits per heavy atom. The van der Waals surface area contributed by atoms with Crippen LogP contribution in [0.15, 0.2) is 42.7 Å². The van der Waals surface area contributed by atoms with Crippen molar-refractivity contribution in [2.75, 3.05) is 38.0 Å². The van der Waals surface area contributed by atoms with Crippen molar-refractivity contribution in [2.45, 2.75) is 33.2 Å². The third kappa shape index (κ3) is 5.36. The number of anilines is 2. The number of nitrogens with zero attached hydrogens (tertiary/aromatic N) is 2. The highest BCUT2D eigenvalue weighted by Crippen LogP contribution is 2.33. The van der Waals surface area contributed by atoms with Crippen LogP contribution in [0.25, 0.3) is 21.9 Å². The number of rotatable bonds is 11. The lowest BCUT2D eigenvalue weighted by Gasteiger charge is -2.11. The van der Waals surface area contributed by atoms with E-state index >= 15 is 0 Å². The quantitative estimate of drug-likeness (QED) is 0.265. The first-order valence-electron chi connectivity index (χ1n) is 12.1. The Bertz CT molecular complexity index is 1370. The number of benzene rings is 1. The molecule has 0 saturated carbocycles. The second kappa shape index (κ2) is 11.3. The summed E-state index contributed by atoms with van der Waals surface area (Å²) in [6.45, 7) is 5.77. The van der Waals surface area contributed by atoms with Crippen molar-refractivity contribution in [2.24, 2.45) is 5.92 Å². The van der Waals surface area contributed by atoms with Crippen molar-refractivity contribution in [3.8, 4) is 0 Å². The molecule has 0 aliphatic rings. The number of esters is 1. The Hall–Kier alpha value is -3.85. The fraction of sp³-hybridized carbons (Fsp3) is 0.370. The minimum Gasteiger partial charge on any atom is -0.464 e. The highest BCUT2D eigenvalue weighted by atomic mass is 16.5. The van der Waals surface area contributed by atoms with E-state index in [9.17, 15) is 9.59 Å². The molecule has 9 heteroatoms. The number of pyridine rings is 1. The lowest BCUT2D eigenvalue weighted by Crippen LogP contribution is -2.18. The first kappa shape index (κ1) is 25.2. The van der Waals surface area contributed by atoms with Gasteiger partial charge < -0.3 is 29.7 Å². The Kier molecular flexibility index (Phi) is 7.90. The number of para-hydroxylation sites is 1. The molecule has 3 N–H and O–H groups in total. The van der Waals surface area contributed by atoms with E-state index in [1.165, 1.54) is 7.11 Å². The van der Waals surface area contributed by atoms with Gasteiger partial charge in [-0.2, -0.15) is 0 Å². The molecule has 0 aliphatic heterocycles. The number of H-pyrrole nitrogens is 1. The molecule has 0 fully saturated rings. The summed E-state index contributed by atoms with van der Waals surface area (Å²) in [6.07, 6.45) is 4.56. The molecule has 0 spiro atoms. The summed E-state index contributed by atoms with van der Waals surface area (Å²) in [7, 11) is 2.88. The number of amides is 1. The molecule has 0 saturated heterocycles. The number of ether oxygens (including phenoxy) is 2. The highest BCUT2D eigenvalue weighted by molar-refractivity contribution is 6.11. The summed E-state index contributed by atoms with van der Waals surface area (Å²) in [5.41, 5.74) is 4.28. The van der Waals surface area contributed by atoms with Crippen molar-refractivity contribution in [1.82, 2.24) is 14.5 Å². The Balaban J connectivity index is 1.78. The van der Waals surface area contributed by atoms with Gasteiger partial charge in [-0.15, -0.1) is 0 Å². The molecule has 190 valence electrons. The molecule has 0 unspecified atom stereocenters. The normalized spacial score (nSPS) is 11.4. The monoisotopic (exact) mass is 491 g/mol. The van der Waals surface area contributed by atoms with E-state index in [1.54, 1.807) is 13.3 Å². The van der Waals surface area contributed by atoms with Gasteiger partial charge in [-0.05, 0) is 30.0 Å². The van der Waals surface area contributed by atoms with Gasteiger partial charge in [0.2, 0.25) is 5.91 Å². The van der Waals surface area contributed by atoms with Crippen molar-refractivity contribution < 1.29 is 19.1 Å². The lowest BCUT2D eigenvalue weighted by molar-refractivity contribution is -0.117. The maximum absolute atomic E-state index is 13.0. The van der Waals surface area contributed by atoms with Crippen LogP contribution in [0.1, 0.15) is 36.3 Å². The van der Waals surface area contributed by atoms with Crippen LogP contribution in [-0.2, 0) is 27.2 Å². The van der Waals surface area contributed by atoms with E-state index in [-0.39, 0.29) is 24.6 Å². The molecule has 1 amide bonds. The first-order valence-corrected chi connectivity index (χ1v) is 12.1. The molecular weight excluding hydrogens is 458 g/mol. The first-order chi connectivity index (χ1) is 17.4. The molecule has 1 aromatic carbocycles. The van der Waals surface area contributed by atoms with Gasteiger partial charge in [0.15, 0.2) is 5.69 Å². The van der Waals surface area contributed by atoms with Gasteiger partial charge in [0.05, 0.1) is 37.7 Å². The van der Waals surface area contributed by atoms with E-state index in [0.717, 1.165) is 28.7 Å². The third-order valence-electron chi connectivity index (χ3n) is 6.07. The number of methoxy groups -OCH3 is 2. The Morgan fingerprint density at radius 2 is 1.97 bits per heavy atom. The fourth-order valence-electron chi connectivity index (χ4n) is 4.26. The molecule has 4 aromatic rings. The SMILES string of the molecule is COCCC(=O)Nc1c(C(=O)OC)n(CCc2c[nH]c3ccccc23)c2ncc(NCC(C)C)cc12. The van der Waals surface area contributed by atoms with Crippen LogP contribution in [0, 0.1) is 5.92 Å². The van der Waals surface area contributed by atoms with Crippen LogP contribution in [0.5, 0.6) is 0 Å². The summed E-state index contributed by atoms with van der Waals surface area (Å²) >= 11 is 0. The summed E-state index contributed by atoms with van der Waals surface area (Å²) in [4.78, 5) is 33.7. The summed E-state index contributed by atoms with van der Waals surface area (Å²) in [5, 5.41) is 8.11. The predicted octanol–water partition coefficient (Wildman–Crippen LogP) is 4.59. The molecule has 3 heterocycles. The van der Waals surface area contributed by atoms with Crippen molar-refractivity contribution >= 4 is 45.2 Å². The maximum Gasteiger partial charge on any atom is 0.356 e. The van der Waals surface area contributed by atoms with Crippen LogP contribution in [0.2, 0.25) is 0 Å². The molecule has 36 heavy (non-hydrogen) atoms. The molecular formula is C27H33N5O4. The number of aromatic amines is 1. The number of carbonyl (C=O) groups is 2. The zero-order chi connectivity index (χ0) is 25.7. The molecule has 4 rings (SSSR count). The van der Waals surface area contributed by atoms with Gasteiger partial charge >= 0.3 is 5.97 Å². The van der Waals surface area contributed by atoms with Crippen LogP contribution < -0.4 is 10.6 Å². The van der Waals surface area contributed by atoms with Crippen LogP contribution in [0.3, 0.4) is 0 Å². The second-order valence-corrected chi connectivity index (χ2v) is 9.14. The minimum atomic E-state index is -0.536. The molecule has 0 bridgehead atoms. The fourth-order valence-corrected chi connectivity index (χ4v) is 4.26. The van der Waals surface area contributed by atoms with Crippen LogP contribution in [-0.4, -0.2) is 53.8 Å². The average Bonchev–Trinajstić information content (AvgIpc) is 3.43. The number of nitrogens with one attached hydrogen (secondary N) is 3. The van der Waals surface area contributed by atoms with Crippen LogP contribution >= 0.6 is 0 Å². The van der Waals surface area contributed by atoms with Crippen LogP contribution in [0.4, 0.5) is 11.4 Å². The van der Waals surface area contributed by atoms with E-state index < -0.39 is 5.97 Å². The number of fused-ring (bicyclic) bond motifs is 2. The van der Waals surface area contributed by atoms with E-state index in [0.29, 0.717) is 35.6 Å². The molecule has 0 atom stereocenters. The smallest absolute Gasteiger partial charge is 0.356 e. The number of hydrogen-bond donors (Lipinski definition) is 3. The summed E-state index contributed by atoms with van der Waals surface area (Å²) in [5.74, 6) is -0.343. The van der Waals surface area contributed by atoms with Gasteiger partial charge in [0.25, 0.3) is 0 Å². The van der Waals surface area contributed by atoms with Gasteiger partial charge in [-0.1, -0.05) is 32.0 Å². The van der Waals surface area contributed by atoms with Crippen molar-refractivity contribution in [3.05, 3.63) is 54.0 Å². The number of aryl methyl sites for hydroxylation is 2. The van der Waals surface area contributed by atoms with Crippen molar-refractivity contribution in [3.63, 3.8) is 0 Å². The summed E-state index contributed by atoms with van der Waals surface area (Å²) in [6, 6.07) is 10.0. The Labute approximate surface area is 210 Å². The molecule has 3 aromatic heterocycles. The number of hydrogen-bond acceptors (Lipinski definition) is 6. The largest absolute Gasteiger partial charge is 0.464 e. The van der Waals surface area contributed by atoms with Gasteiger partial charge in [0.1, 0.15) is 5.65 Å². The molecule has 9 nitrogen and oxygen atoms in total. The summed E-state index contributed by atoms with van der Waals surface area (Å²) < 4.78 is 12.0. The maximum atomic E-state index is 13.0.